The van der Waals surface area contributed by atoms with Gasteiger partial charge in [-0.05, 0) is 84.2 Å². The minimum Gasteiger partial charge on any atom is -0.474 e. The van der Waals surface area contributed by atoms with E-state index in [1.807, 2.05) is 54.5 Å². The van der Waals surface area contributed by atoms with Crippen LogP contribution < -0.4 is 9.64 Å². The highest BCUT2D eigenvalue weighted by Gasteiger charge is 2.41. The Balaban J connectivity index is 1.43. The van der Waals surface area contributed by atoms with E-state index in [0.717, 1.165) is 11.1 Å². The number of pyridine rings is 1. The first-order valence-corrected chi connectivity index (χ1v) is 18.6. The van der Waals surface area contributed by atoms with Gasteiger partial charge in [-0.3, -0.25) is 19.4 Å². The molecule has 2 saturated heterocycles. The summed E-state index contributed by atoms with van der Waals surface area (Å²) in [5.41, 5.74) is 1.93. The third kappa shape index (κ3) is 10.9. The fourth-order valence-corrected chi connectivity index (χ4v) is 6.96. The standard InChI is InChI=1S/C39H56FN5O8/c1-25(2)50-23-33-22-49-14-13-42(33)18-32-19-44(38(48)53-39(6,7)8)26(3)17-43(32)20-36(47)45-27(4)21-52-37-35(45)16-30(34(41-37)24-51-28(5)46)15-29-9-11-31(40)12-10-29/h9-12,16,25-27,32-33H,13-15,17-24H2,1-8H3/t26-,27+,32+,33+/m1/s1. The van der Waals surface area contributed by atoms with Crippen molar-refractivity contribution in [1.82, 2.24) is 19.7 Å². The van der Waals surface area contributed by atoms with Gasteiger partial charge in [0.15, 0.2) is 0 Å². The number of benzene rings is 1. The number of fused-ring (bicyclic) bond motifs is 1. The highest BCUT2D eigenvalue weighted by molar-refractivity contribution is 5.97. The number of amides is 2. The molecular weight excluding hydrogens is 685 g/mol. The molecule has 1 aromatic carbocycles. The number of nitrogens with zero attached hydrogens (tertiary/aromatic N) is 5. The molecule has 2 aromatic rings. The highest BCUT2D eigenvalue weighted by atomic mass is 19.1. The summed E-state index contributed by atoms with van der Waals surface area (Å²) < 4.78 is 42.7. The lowest BCUT2D eigenvalue weighted by atomic mass is 10.0. The second-order valence-electron chi connectivity index (χ2n) is 15.6. The first-order valence-electron chi connectivity index (χ1n) is 18.6. The van der Waals surface area contributed by atoms with Gasteiger partial charge in [-0.25, -0.2) is 14.2 Å². The molecule has 53 heavy (non-hydrogen) atoms. The number of aromatic nitrogens is 1. The molecule has 0 N–H and O–H groups in total. The first-order chi connectivity index (χ1) is 25.1. The third-order valence-electron chi connectivity index (χ3n) is 9.63. The van der Waals surface area contributed by atoms with Crippen LogP contribution in [0.1, 0.15) is 72.2 Å². The van der Waals surface area contributed by atoms with Gasteiger partial charge in [0.05, 0.1) is 50.2 Å². The van der Waals surface area contributed by atoms with Gasteiger partial charge in [0, 0.05) is 45.2 Å². The maximum atomic E-state index is 14.6. The Bertz CT molecular complexity index is 1580. The van der Waals surface area contributed by atoms with Crippen molar-refractivity contribution in [3.63, 3.8) is 0 Å². The minimum atomic E-state index is -0.648. The van der Waals surface area contributed by atoms with Crippen LogP contribution in [0.2, 0.25) is 0 Å². The van der Waals surface area contributed by atoms with E-state index in [-0.39, 0.29) is 73.7 Å². The summed E-state index contributed by atoms with van der Waals surface area (Å²) in [6.07, 6.45) is 0.0803. The Morgan fingerprint density at radius 2 is 1.75 bits per heavy atom. The Hall–Kier alpha value is -3.85. The largest absolute Gasteiger partial charge is 0.474 e. The maximum Gasteiger partial charge on any atom is 0.410 e. The van der Waals surface area contributed by atoms with Gasteiger partial charge in [0.2, 0.25) is 11.8 Å². The van der Waals surface area contributed by atoms with Crippen molar-refractivity contribution in [2.24, 2.45) is 0 Å². The average molecular weight is 742 g/mol. The van der Waals surface area contributed by atoms with Crippen LogP contribution in [0.4, 0.5) is 14.9 Å². The number of hydrogen-bond acceptors (Lipinski definition) is 11. The van der Waals surface area contributed by atoms with Crippen LogP contribution in [0, 0.1) is 5.82 Å². The third-order valence-corrected chi connectivity index (χ3v) is 9.63. The van der Waals surface area contributed by atoms with Crippen molar-refractivity contribution >= 4 is 23.7 Å². The number of ether oxygens (including phenoxy) is 5. The average Bonchev–Trinajstić information content (AvgIpc) is 3.08. The molecule has 0 saturated carbocycles. The summed E-state index contributed by atoms with van der Waals surface area (Å²) in [6, 6.07) is 7.39. The van der Waals surface area contributed by atoms with Crippen molar-refractivity contribution in [3.05, 3.63) is 53.0 Å². The van der Waals surface area contributed by atoms with Crippen LogP contribution in [0.3, 0.4) is 0 Å². The molecule has 4 atom stereocenters. The number of morpholine rings is 1. The molecule has 292 valence electrons. The Labute approximate surface area is 312 Å². The normalized spacial score (nSPS) is 22.7. The van der Waals surface area contributed by atoms with Crippen molar-refractivity contribution in [3.8, 4) is 5.88 Å². The summed E-state index contributed by atoms with van der Waals surface area (Å²) in [5, 5.41) is 0. The molecule has 0 bridgehead atoms. The number of carbonyl (C=O) groups excluding carboxylic acids is 3. The van der Waals surface area contributed by atoms with Crippen LogP contribution in [-0.4, -0.2) is 133 Å². The molecular formula is C39H56FN5O8. The molecule has 5 rings (SSSR count). The molecule has 2 amide bonds. The number of hydrogen-bond donors (Lipinski definition) is 0. The Kier molecular flexibility index (Phi) is 13.3. The van der Waals surface area contributed by atoms with Gasteiger partial charge in [-0.2, -0.15) is 0 Å². The zero-order valence-corrected chi connectivity index (χ0v) is 32.4. The number of anilines is 1. The molecule has 3 aliphatic heterocycles. The SMILES string of the molecule is CC(=O)OCc1nc2c(cc1Cc1ccc(F)cc1)N(C(=O)CN1C[C@@H](C)N(C(=O)OC(C)(C)C)C[C@@H]1CN1CCOC[C@H]1COC(C)C)[C@@H](C)CO2. The maximum absolute atomic E-state index is 14.6. The molecule has 0 unspecified atom stereocenters. The minimum absolute atomic E-state index is 0.0379. The monoisotopic (exact) mass is 741 g/mol. The molecule has 4 heterocycles. The van der Waals surface area contributed by atoms with Gasteiger partial charge < -0.3 is 33.5 Å². The van der Waals surface area contributed by atoms with Gasteiger partial charge in [-0.1, -0.05) is 12.1 Å². The van der Waals surface area contributed by atoms with E-state index >= 15 is 0 Å². The molecule has 14 heteroatoms. The van der Waals surface area contributed by atoms with Crippen LogP contribution in [-0.2, 0) is 41.6 Å². The van der Waals surface area contributed by atoms with E-state index < -0.39 is 11.6 Å². The quantitative estimate of drug-likeness (QED) is 0.304. The molecule has 0 spiro atoms. The number of rotatable bonds is 11. The predicted octanol–water partition coefficient (Wildman–Crippen LogP) is 4.42. The van der Waals surface area contributed by atoms with Gasteiger partial charge in [0.25, 0.3) is 0 Å². The molecule has 0 aliphatic carbocycles. The van der Waals surface area contributed by atoms with Crippen LogP contribution in [0.25, 0.3) is 0 Å². The Morgan fingerprint density at radius 3 is 2.43 bits per heavy atom. The zero-order chi connectivity index (χ0) is 38.4. The van der Waals surface area contributed by atoms with E-state index in [4.69, 9.17) is 28.7 Å². The molecule has 1 aromatic heterocycles. The highest BCUT2D eigenvalue weighted by Crippen LogP contribution is 2.36. The smallest absolute Gasteiger partial charge is 0.410 e. The van der Waals surface area contributed by atoms with Crippen molar-refractivity contribution in [2.75, 3.05) is 64.1 Å². The second-order valence-corrected chi connectivity index (χ2v) is 15.6. The Morgan fingerprint density at radius 1 is 1.02 bits per heavy atom. The van der Waals surface area contributed by atoms with E-state index in [2.05, 4.69) is 9.80 Å². The molecule has 3 aliphatic rings. The van der Waals surface area contributed by atoms with Crippen molar-refractivity contribution < 1.29 is 42.5 Å². The van der Waals surface area contributed by atoms with E-state index in [1.54, 1.807) is 21.9 Å². The lowest BCUT2D eigenvalue weighted by molar-refractivity contribution is -0.142. The van der Waals surface area contributed by atoms with Crippen LogP contribution in [0.5, 0.6) is 5.88 Å². The van der Waals surface area contributed by atoms with Crippen molar-refractivity contribution in [1.29, 1.82) is 0 Å². The lowest BCUT2D eigenvalue weighted by Crippen LogP contribution is -2.65. The fourth-order valence-electron chi connectivity index (χ4n) is 6.96. The summed E-state index contributed by atoms with van der Waals surface area (Å²) in [5.74, 6) is -0.643. The van der Waals surface area contributed by atoms with Gasteiger partial charge in [-0.15, -0.1) is 0 Å². The van der Waals surface area contributed by atoms with Crippen LogP contribution >= 0.6 is 0 Å². The molecule has 2 fully saturated rings. The van der Waals surface area contributed by atoms with E-state index in [1.165, 1.54) is 19.1 Å². The van der Waals surface area contributed by atoms with Gasteiger partial charge in [0.1, 0.15) is 30.3 Å². The van der Waals surface area contributed by atoms with Gasteiger partial charge >= 0.3 is 12.1 Å². The number of carbonyl (C=O) groups is 3. The first kappa shape index (κ1) is 40.3. The fraction of sp³-hybridized carbons (Fsp3) is 0.641. The summed E-state index contributed by atoms with van der Waals surface area (Å²) >= 11 is 0. The predicted molar refractivity (Wildman–Crippen MR) is 196 cm³/mol. The number of halogens is 1. The lowest BCUT2D eigenvalue weighted by Gasteiger charge is -2.48. The summed E-state index contributed by atoms with van der Waals surface area (Å²) in [6.45, 7) is 18.9. The summed E-state index contributed by atoms with van der Waals surface area (Å²) in [7, 11) is 0. The topological polar surface area (TPSA) is 123 Å². The number of piperazine rings is 1. The summed E-state index contributed by atoms with van der Waals surface area (Å²) in [4.78, 5) is 52.5. The van der Waals surface area contributed by atoms with Crippen molar-refractivity contribution in [2.45, 2.75) is 104 Å². The molecule has 0 radical (unpaired) electrons. The van der Waals surface area contributed by atoms with E-state index in [0.29, 0.717) is 63.8 Å². The number of esters is 1. The zero-order valence-electron chi connectivity index (χ0n) is 32.4. The second kappa shape index (κ2) is 17.5. The van der Waals surface area contributed by atoms with E-state index in [9.17, 15) is 18.8 Å². The van der Waals surface area contributed by atoms with Crippen LogP contribution in [0.15, 0.2) is 30.3 Å². The molecule has 13 nitrogen and oxygen atoms in total.